The first-order valence-corrected chi connectivity index (χ1v) is 12.8. The van der Waals surface area contributed by atoms with Crippen LogP contribution in [0, 0.1) is 0 Å². The van der Waals surface area contributed by atoms with Gasteiger partial charge < -0.3 is 9.47 Å². The largest absolute Gasteiger partial charge is 0.497 e. The van der Waals surface area contributed by atoms with Gasteiger partial charge in [0.2, 0.25) is 0 Å². The van der Waals surface area contributed by atoms with E-state index < -0.39 is 0 Å². The number of hydrogen-bond acceptors (Lipinski definition) is 4. The lowest BCUT2D eigenvalue weighted by Gasteiger charge is -2.04. The third-order valence-electron chi connectivity index (χ3n) is 6.26. The zero-order chi connectivity index (χ0) is 25.7. The van der Waals surface area contributed by atoms with Crippen LogP contribution in [0.5, 0.6) is 11.5 Å². The molecule has 4 nitrogen and oxygen atoms in total. The van der Waals surface area contributed by atoms with Crippen molar-refractivity contribution >= 4 is 23.8 Å². The van der Waals surface area contributed by atoms with Gasteiger partial charge >= 0.3 is 0 Å². The van der Waals surface area contributed by atoms with Crippen molar-refractivity contribution in [3.63, 3.8) is 0 Å². The molecule has 0 saturated heterocycles. The van der Waals surface area contributed by atoms with Crippen molar-refractivity contribution in [1.29, 1.82) is 0 Å². The van der Waals surface area contributed by atoms with Gasteiger partial charge in [0.05, 0.1) is 25.6 Å². The molecule has 0 radical (unpaired) electrons. The van der Waals surface area contributed by atoms with Crippen LogP contribution in [0.2, 0.25) is 0 Å². The summed E-state index contributed by atoms with van der Waals surface area (Å²) in [5, 5.41) is 0. The maximum Gasteiger partial charge on any atom is 0.119 e. The highest BCUT2D eigenvalue weighted by Gasteiger charge is 1.98. The van der Waals surface area contributed by atoms with E-state index in [1.54, 1.807) is 14.2 Å². The average molecular weight is 491 g/mol. The number of aryl methyl sites for hydroxylation is 2. The van der Waals surface area contributed by atoms with Crippen molar-refractivity contribution in [3.8, 4) is 11.5 Å². The Kier molecular flexibility index (Phi) is 9.65. The van der Waals surface area contributed by atoms with E-state index in [9.17, 15) is 0 Å². The van der Waals surface area contributed by atoms with E-state index in [4.69, 9.17) is 9.47 Å². The van der Waals surface area contributed by atoms with Crippen LogP contribution in [0.25, 0.3) is 0 Å². The van der Waals surface area contributed by atoms with E-state index in [2.05, 4.69) is 58.5 Å². The topological polar surface area (TPSA) is 43.2 Å². The summed E-state index contributed by atoms with van der Waals surface area (Å²) < 4.78 is 10.4. The van der Waals surface area contributed by atoms with Crippen LogP contribution in [0.4, 0.5) is 11.4 Å². The van der Waals surface area contributed by atoms with Crippen LogP contribution < -0.4 is 9.47 Å². The summed E-state index contributed by atoms with van der Waals surface area (Å²) in [5.74, 6) is 1.68. The SMILES string of the molecule is COc1ccc(N=Cc2ccc(CCCCCc3ccc(C=Nc4ccc(OC)cc4)cc3)cc2)cc1. The van der Waals surface area contributed by atoms with E-state index in [-0.39, 0.29) is 0 Å². The van der Waals surface area contributed by atoms with Gasteiger partial charge in [0.1, 0.15) is 11.5 Å². The highest BCUT2D eigenvalue weighted by molar-refractivity contribution is 5.82. The number of aliphatic imine (C=N–C) groups is 2. The molecule has 0 bridgehead atoms. The van der Waals surface area contributed by atoms with Gasteiger partial charge in [0.15, 0.2) is 0 Å². The first-order valence-electron chi connectivity index (χ1n) is 12.8. The number of methoxy groups -OCH3 is 2. The standard InChI is InChI=1S/C33H34N2O2/c1-36-32-20-16-30(17-21-32)34-24-28-12-8-26(9-13-28)6-4-3-5-7-27-10-14-29(15-11-27)25-35-31-18-22-33(37-2)23-19-31/h8-25H,3-7H2,1-2H3. The summed E-state index contributed by atoms with van der Waals surface area (Å²) in [6.45, 7) is 0. The second-order valence-corrected chi connectivity index (χ2v) is 8.96. The van der Waals surface area contributed by atoms with Crippen LogP contribution in [0.15, 0.2) is 107 Å². The smallest absolute Gasteiger partial charge is 0.119 e. The number of rotatable bonds is 12. The third kappa shape index (κ3) is 8.46. The summed E-state index contributed by atoms with van der Waals surface area (Å²) in [4.78, 5) is 9.08. The second-order valence-electron chi connectivity index (χ2n) is 8.96. The molecule has 0 fully saturated rings. The lowest BCUT2D eigenvalue weighted by atomic mass is 10.0. The van der Waals surface area contributed by atoms with E-state index in [1.807, 2.05) is 61.0 Å². The molecule has 0 aliphatic heterocycles. The van der Waals surface area contributed by atoms with Crippen molar-refractivity contribution in [2.45, 2.75) is 32.1 Å². The Morgan fingerprint density at radius 1 is 0.486 bits per heavy atom. The molecular formula is C33H34N2O2. The molecule has 4 aromatic rings. The second kappa shape index (κ2) is 13.8. The van der Waals surface area contributed by atoms with Crippen LogP contribution >= 0.6 is 0 Å². The Morgan fingerprint density at radius 3 is 1.22 bits per heavy atom. The van der Waals surface area contributed by atoms with Crippen molar-refractivity contribution in [3.05, 3.63) is 119 Å². The fraction of sp³-hybridized carbons (Fsp3) is 0.212. The highest BCUT2D eigenvalue weighted by Crippen LogP contribution is 2.19. The molecule has 0 saturated carbocycles. The molecule has 0 amide bonds. The predicted octanol–water partition coefficient (Wildman–Crippen LogP) is 8.16. The Hall–Kier alpha value is -4.18. The number of hydrogen-bond donors (Lipinski definition) is 0. The van der Waals surface area contributed by atoms with Crippen molar-refractivity contribution < 1.29 is 9.47 Å². The lowest BCUT2D eigenvalue weighted by Crippen LogP contribution is -1.90. The van der Waals surface area contributed by atoms with E-state index in [0.29, 0.717) is 0 Å². The molecule has 37 heavy (non-hydrogen) atoms. The average Bonchev–Trinajstić information content (AvgIpc) is 2.96. The fourth-order valence-electron chi connectivity index (χ4n) is 4.01. The van der Waals surface area contributed by atoms with E-state index >= 15 is 0 Å². The van der Waals surface area contributed by atoms with Gasteiger partial charge in [-0.05, 0) is 96.5 Å². The zero-order valence-corrected chi connectivity index (χ0v) is 21.6. The Labute approximate surface area is 220 Å². The minimum Gasteiger partial charge on any atom is -0.497 e. The fourth-order valence-corrected chi connectivity index (χ4v) is 4.01. The predicted molar refractivity (Wildman–Crippen MR) is 155 cm³/mol. The third-order valence-corrected chi connectivity index (χ3v) is 6.26. The molecule has 0 aliphatic rings. The molecule has 0 atom stereocenters. The summed E-state index contributed by atoms with van der Waals surface area (Å²) in [6.07, 6.45) is 9.65. The molecule has 4 aromatic carbocycles. The van der Waals surface area contributed by atoms with Gasteiger partial charge in [-0.2, -0.15) is 0 Å². The lowest BCUT2D eigenvalue weighted by molar-refractivity contribution is 0.415. The molecule has 4 rings (SSSR count). The van der Waals surface area contributed by atoms with Crippen molar-refractivity contribution in [2.75, 3.05) is 14.2 Å². The van der Waals surface area contributed by atoms with Gasteiger partial charge in [-0.25, -0.2) is 0 Å². The number of ether oxygens (including phenoxy) is 2. The molecule has 0 aliphatic carbocycles. The van der Waals surface area contributed by atoms with Gasteiger partial charge in [-0.15, -0.1) is 0 Å². The molecule has 4 heteroatoms. The summed E-state index contributed by atoms with van der Waals surface area (Å²) in [6, 6.07) is 32.9. The Bertz CT molecular complexity index is 1170. The first kappa shape index (κ1) is 25.9. The first-order chi connectivity index (χ1) is 18.2. The number of unbranched alkanes of at least 4 members (excludes halogenated alkanes) is 2. The molecule has 188 valence electrons. The normalized spacial score (nSPS) is 11.3. The van der Waals surface area contributed by atoms with Gasteiger partial charge in [-0.1, -0.05) is 55.0 Å². The molecule has 0 aromatic heterocycles. The Balaban J connectivity index is 1.15. The van der Waals surface area contributed by atoms with Crippen LogP contribution in [0.1, 0.15) is 41.5 Å². The summed E-state index contributed by atoms with van der Waals surface area (Å²) in [7, 11) is 3.34. The molecule has 0 spiro atoms. The minimum absolute atomic E-state index is 0.841. The zero-order valence-electron chi connectivity index (χ0n) is 21.6. The quantitative estimate of drug-likeness (QED) is 0.148. The maximum atomic E-state index is 5.19. The monoisotopic (exact) mass is 490 g/mol. The van der Waals surface area contributed by atoms with E-state index in [1.165, 1.54) is 30.4 Å². The molecular weight excluding hydrogens is 456 g/mol. The van der Waals surface area contributed by atoms with Gasteiger partial charge in [-0.3, -0.25) is 9.98 Å². The van der Waals surface area contributed by atoms with Gasteiger partial charge in [0.25, 0.3) is 0 Å². The number of nitrogens with zero attached hydrogens (tertiary/aromatic N) is 2. The maximum absolute atomic E-state index is 5.19. The van der Waals surface area contributed by atoms with Crippen LogP contribution in [-0.2, 0) is 12.8 Å². The highest BCUT2D eigenvalue weighted by atomic mass is 16.5. The van der Waals surface area contributed by atoms with Gasteiger partial charge in [0, 0.05) is 12.4 Å². The van der Waals surface area contributed by atoms with Crippen LogP contribution in [0.3, 0.4) is 0 Å². The van der Waals surface area contributed by atoms with E-state index in [0.717, 1.165) is 46.8 Å². The molecule has 0 N–H and O–H groups in total. The van der Waals surface area contributed by atoms with Crippen molar-refractivity contribution in [2.24, 2.45) is 9.98 Å². The molecule has 0 heterocycles. The number of benzene rings is 4. The summed E-state index contributed by atoms with van der Waals surface area (Å²) in [5.41, 5.74) is 6.81. The minimum atomic E-state index is 0.841. The van der Waals surface area contributed by atoms with Crippen LogP contribution in [-0.4, -0.2) is 26.6 Å². The molecule has 0 unspecified atom stereocenters. The Morgan fingerprint density at radius 2 is 0.865 bits per heavy atom. The summed E-state index contributed by atoms with van der Waals surface area (Å²) >= 11 is 0. The van der Waals surface area contributed by atoms with Crippen molar-refractivity contribution in [1.82, 2.24) is 0 Å².